The van der Waals surface area contributed by atoms with Gasteiger partial charge in [-0.05, 0) is 30.2 Å². The fourth-order valence-electron chi connectivity index (χ4n) is 2.89. The van der Waals surface area contributed by atoms with Crippen LogP contribution in [0.25, 0.3) is 0 Å². The molecule has 1 aliphatic heterocycles. The van der Waals surface area contributed by atoms with Crippen LogP contribution in [0.2, 0.25) is 0 Å². The van der Waals surface area contributed by atoms with Gasteiger partial charge in [-0.2, -0.15) is 0 Å². The number of nitrogens with zero attached hydrogens (tertiary/aromatic N) is 1. The summed E-state index contributed by atoms with van der Waals surface area (Å²) in [5, 5.41) is 0. The Bertz CT molecular complexity index is 697. The van der Waals surface area contributed by atoms with E-state index in [9.17, 15) is 4.79 Å². The van der Waals surface area contributed by atoms with Crippen LogP contribution in [0, 0.1) is 0 Å². The van der Waals surface area contributed by atoms with Crippen LogP contribution in [0.3, 0.4) is 0 Å². The molecule has 114 valence electrons. The van der Waals surface area contributed by atoms with Crippen LogP contribution in [0.15, 0.2) is 42.5 Å². The van der Waals surface area contributed by atoms with Crippen LogP contribution in [-0.4, -0.2) is 25.0 Å². The quantitative estimate of drug-likeness (QED) is 0.868. The first-order valence-corrected chi connectivity index (χ1v) is 7.26. The van der Waals surface area contributed by atoms with Gasteiger partial charge >= 0.3 is 0 Å². The Balaban J connectivity index is 1.94. The highest BCUT2D eigenvalue weighted by Gasteiger charge is 2.32. The zero-order valence-electron chi connectivity index (χ0n) is 13.0. The van der Waals surface area contributed by atoms with Gasteiger partial charge in [0.25, 0.3) is 5.91 Å². The lowest BCUT2D eigenvalue weighted by atomic mass is 10.1. The van der Waals surface area contributed by atoms with Gasteiger partial charge in [-0.1, -0.05) is 30.3 Å². The van der Waals surface area contributed by atoms with E-state index in [1.54, 1.807) is 20.3 Å². The molecule has 1 atom stereocenters. The number of hydrogen-bond donors (Lipinski definition) is 0. The molecule has 0 aromatic heterocycles. The standard InChI is InChI=1S/C18H19NO3/c1-12(13-7-5-4-6-8-13)19-11-14-9-16(21-2)17(22-3)10-15(14)18(19)20/h4-10,12H,11H2,1-3H3/t12-/m1/s1. The van der Waals surface area contributed by atoms with E-state index < -0.39 is 0 Å². The second-order valence-electron chi connectivity index (χ2n) is 5.38. The monoisotopic (exact) mass is 297 g/mol. The van der Waals surface area contributed by atoms with E-state index in [4.69, 9.17) is 9.47 Å². The first-order valence-electron chi connectivity index (χ1n) is 7.26. The maximum absolute atomic E-state index is 12.7. The molecule has 0 fully saturated rings. The lowest BCUT2D eigenvalue weighted by Gasteiger charge is -2.24. The van der Waals surface area contributed by atoms with E-state index in [1.807, 2.05) is 48.2 Å². The third-order valence-corrected chi connectivity index (χ3v) is 4.19. The van der Waals surface area contributed by atoms with Gasteiger partial charge in [0, 0.05) is 12.1 Å². The Morgan fingerprint density at radius 2 is 1.68 bits per heavy atom. The molecule has 0 N–H and O–H groups in total. The second-order valence-corrected chi connectivity index (χ2v) is 5.38. The Labute approximate surface area is 130 Å². The molecule has 4 nitrogen and oxygen atoms in total. The zero-order valence-corrected chi connectivity index (χ0v) is 13.0. The molecule has 0 saturated carbocycles. The highest BCUT2D eigenvalue weighted by Crippen LogP contribution is 2.37. The minimum absolute atomic E-state index is 0.0260. The number of carbonyl (C=O) groups is 1. The minimum atomic E-state index is 0.0260. The molecule has 3 rings (SSSR count). The number of methoxy groups -OCH3 is 2. The van der Waals surface area contributed by atoms with Crippen LogP contribution in [0.5, 0.6) is 11.5 Å². The lowest BCUT2D eigenvalue weighted by Crippen LogP contribution is -2.27. The van der Waals surface area contributed by atoms with Gasteiger partial charge in [-0.15, -0.1) is 0 Å². The average Bonchev–Trinajstić information content (AvgIpc) is 2.89. The Morgan fingerprint density at radius 3 is 2.32 bits per heavy atom. The molecule has 0 spiro atoms. The van der Waals surface area contributed by atoms with Crippen molar-refractivity contribution in [1.29, 1.82) is 0 Å². The van der Waals surface area contributed by atoms with E-state index in [2.05, 4.69) is 0 Å². The van der Waals surface area contributed by atoms with E-state index in [0.717, 1.165) is 11.1 Å². The topological polar surface area (TPSA) is 38.8 Å². The summed E-state index contributed by atoms with van der Waals surface area (Å²) in [5.41, 5.74) is 2.80. The highest BCUT2D eigenvalue weighted by atomic mass is 16.5. The average molecular weight is 297 g/mol. The third kappa shape index (κ3) is 2.30. The Hall–Kier alpha value is -2.49. The van der Waals surface area contributed by atoms with Crippen molar-refractivity contribution in [3.63, 3.8) is 0 Å². The van der Waals surface area contributed by atoms with Crippen molar-refractivity contribution >= 4 is 5.91 Å². The number of carbonyl (C=O) groups excluding carboxylic acids is 1. The summed E-state index contributed by atoms with van der Waals surface area (Å²) in [7, 11) is 3.18. The smallest absolute Gasteiger partial charge is 0.255 e. The van der Waals surface area contributed by atoms with E-state index in [0.29, 0.717) is 23.6 Å². The van der Waals surface area contributed by atoms with Crippen LogP contribution >= 0.6 is 0 Å². The summed E-state index contributed by atoms with van der Waals surface area (Å²) in [6.07, 6.45) is 0. The zero-order chi connectivity index (χ0) is 15.7. The highest BCUT2D eigenvalue weighted by molar-refractivity contribution is 5.99. The molecule has 1 aliphatic rings. The second kappa shape index (κ2) is 5.72. The number of hydrogen-bond acceptors (Lipinski definition) is 3. The van der Waals surface area contributed by atoms with Gasteiger partial charge < -0.3 is 14.4 Å². The largest absolute Gasteiger partial charge is 0.493 e. The molecule has 0 radical (unpaired) electrons. The summed E-state index contributed by atoms with van der Waals surface area (Å²) >= 11 is 0. The molecule has 0 unspecified atom stereocenters. The first-order chi connectivity index (χ1) is 10.7. The van der Waals surface area contributed by atoms with Crippen LogP contribution < -0.4 is 9.47 Å². The van der Waals surface area contributed by atoms with Gasteiger partial charge in [0.1, 0.15) is 0 Å². The molecule has 1 amide bonds. The molecule has 0 saturated heterocycles. The fourth-order valence-corrected chi connectivity index (χ4v) is 2.89. The predicted molar refractivity (Wildman–Crippen MR) is 84.3 cm³/mol. The predicted octanol–water partition coefficient (Wildman–Crippen LogP) is 3.42. The van der Waals surface area contributed by atoms with Crippen molar-refractivity contribution in [2.45, 2.75) is 19.5 Å². The van der Waals surface area contributed by atoms with Gasteiger partial charge in [0.05, 0.1) is 20.3 Å². The van der Waals surface area contributed by atoms with Crippen molar-refractivity contribution in [2.24, 2.45) is 0 Å². The summed E-state index contributed by atoms with van der Waals surface area (Å²) < 4.78 is 10.6. The number of benzene rings is 2. The molecule has 0 bridgehead atoms. The molecular weight excluding hydrogens is 278 g/mol. The maximum Gasteiger partial charge on any atom is 0.255 e. The molecule has 2 aromatic rings. The summed E-state index contributed by atoms with van der Waals surface area (Å²) in [4.78, 5) is 14.6. The normalized spacial score (nSPS) is 14.7. The van der Waals surface area contributed by atoms with Gasteiger partial charge in [0.2, 0.25) is 0 Å². The third-order valence-electron chi connectivity index (χ3n) is 4.19. The fraction of sp³-hybridized carbons (Fsp3) is 0.278. The summed E-state index contributed by atoms with van der Waals surface area (Å²) in [5.74, 6) is 1.28. The van der Waals surface area contributed by atoms with Crippen LogP contribution in [-0.2, 0) is 6.54 Å². The molecule has 4 heteroatoms. The van der Waals surface area contributed by atoms with Crippen molar-refractivity contribution in [2.75, 3.05) is 14.2 Å². The first kappa shape index (κ1) is 14.4. The maximum atomic E-state index is 12.7. The number of rotatable bonds is 4. The van der Waals surface area contributed by atoms with Gasteiger partial charge in [-0.3, -0.25) is 4.79 Å². The number of fused-ring (bicyclic) bond motifs is 1. The number of ether oxygens (including phenoxy) is 2. The SMILES string of the molecule is COc1cc2c(cc1OC)C(=O)N([C@H](C)c1ccccc1)C2. The van der Waals surface area contributed by atoms with Crippen molar-refractivity contribution in [3.8, 4) is 11.5 Å². The van der Waals surface area contributed by atoms with Gasteiger partial charge in [0.15, 0.2) is 11.5 Å². The Morgan fingerprint density at radius 1 is 1.05 bits per heavy atom. The molecule has 2 aromatic carbocycles. The van der Waals surface area contributed by atoms with Crippen LogP contribution in [0.1, 0.15) is 34.5 Å². The van der Waals surface area contributed by atoms with Crippen molar-refractivity contribution in [1.82, 2.24) is 4.90 Å². The molecular formula is C18H19NO3. The van der Waals surface area contributed by atoms with Crippen LogP contribution in [0.4, 0.5) is 0 Å². The molecule has 1 heterocycles. The molecule has 0 aliphatic carbocycles. The van der Waals surface area contributed by atoms with E-state index in [-0.39, 0.29) is 11.9 Å². The summed E-state index contributed by atoms with van der Waals surface area (Å²) in [6.45, 7) is 2.64. The molecule has 22 heavy (non-hydrogen) atoms. The minimum Gasteiger partial charge on any atom is -0.493 e. The van der Waals surface area contributed by atoms with Crippen molar-refractivity contribution < 1.29 is 14.3 Å². The summed E-state index contributed by atoms with van der Waals surface area (Å²) in [6, 6.07) is 13.7. The van der Waals surface area contributed by atoms with E-state index >= 15 is 0 Å². The lowest BCUT2D eigenvalue weighted by molar-refractivity contribution is 0.0715. The van der Waals surface area contributed by atoms with E-state index in [1.165, 1.54) is 0 Å². The Kier molecular flexibility index (Phi) is 3.75. The van der Waals surface area contributed by atoms with Crippen molar-refractivity contribution in [3.05, 3.63) is 59.2 Å². The number of amides is 1. The van der Waals surface area contributed by atoms with Gasteiger partial charge in [-0.25, -0.2) is 0 Å².